The van der Waals surface area contributed by atoms with Gasteiger partial charge in [0.15, 0.2) is 4.73 Å². The number of para-hydroxylation sites is 1. The lowest BCUT2D eigenvalue weighted by molar-refractivity contribution is 0.247. The van der Waals surface area contributed by atoms with E-state index in [1.54, 1.807) is 6.20 Å². The average molecular weight is 565 g/mol. The summed E-state index contributed by atoms with van der Waals surface area (Å²) in [6.45, 7) is 4.18. The quantitative estimate of drug-likeness (QED) is 0.264. The molecule has 0 radical (unpaired) electrons. The molecule has 1 aromatic heterocycles. The molecular weight excluding hydrogens is 530 g/mol. The van der Waals surface area contributed by atoms with Crippen molar-refractivity contribution in [2.75, 3.05) is 13.1 Å². The summed E-state index contributed by atoms with van der Waals surface area (Å²) in [5.74, 6) is 1.03. The number of ether oxygens (including phenoxy) is 1. The molecule has 2 aromatic carbocycles. The van der Waals surface area contributed by atoms with E-state index in [0.29, 0.717) is 29.1 Å². The molecule has 2 saturated heterocycles. The van der Waals surface area contributed by atoms with Crippen LogP contribution in [0.15, 0.2) is 89.2 Å². The first kappa shape index (κ1) is 26.5. The van der Waals surface area contributed by atoms with Crippen LogP contribution >= 0.6 is 15.9 Å². The normalized spacial score (nSPS) is 18.5. The molecule has 2 unspecified atom stereocenters. The Kier molecular flexibility index (Phi) is 9.03. The lowest BCUT2D eigenvalue weighted by Crippen LogP contribution is -2.51. The van der Waals surface area contributed by atoms with E-state index in [4.69, 9.17) is 21.9 Å². The first-order valence-electron chi connectivity index (χ1n) is 12.3. The highest BCUT2D eigenvalue weighted by Gasteiger charge is 2.33. The van der Waals surface area contributed by atoms with Crippen LogP contribution in [0.25, 0.3) is 5.70 Å². The van der Waals surface area contributed by atoms with Gasteiger partial charge in [0, 0.05) is 48.3 Å². The van der Waals surface area contributed by atoms with Gasteiger partial charge in [-0.3, -0.25) is 0 Å². The molecule has 194 valence electrons. The molecule has 9 heteroatoms. The monoisotopic (exact) mass is 563 g/mol. The van der Waals surface area contributed by atoms with Crippen LogP contribution in [0.2, 0.25) is 0 Å². The molecule has 0 aliphatic carbocycles. The number of hydrogen-bond acceptors (Lipinski definition) is 8. The van der Waals surface area contributed by atoms with Gasteiger partial charge in [-0.2, -0.15) is 0 Å². The van der Waals surface area contributed by atoms with Gasteiger partial charge in [-0.25, -0.2) is 9.97 Å². The van der Waals surface area contributed by atoms with Gasteiger partial charge in [-0.05, 0) is 65.5 Å². The van der Waals surface area contributed by atoms with E-state index >= 15 is 0 Å². The fourth-order valence-corrected chi connectivity index (χ4v) is 4.96. The Morgan fingerprint density at radius 2 is 1.70 bits per heavy atom. The third kappa shape index (κ3) is 7.47. The minimum absolute atomic E-state index is 0.289. The molecule has 8 nitrogen and oxygen atoms in total. The van der Waals surface area contributed by atoms with E-state index in [1.165, 1.54) is 12.8 Å². The molecule has 2 fully saturated rings. The molecule has 2 atom stereocenters. The molecule has 0 saturated carbocycles. The second-order valence-electron chi connectivity index (χ2n) is 9.22. The first-order chi connectivity index (χ1) is 17.9. The lowest BCUT2D eigenvalue weighted by atomic mass is 10.1. The number of rotatable bonds is 6. The third-order valence-electron chi connectivity index (χ3n) is 6.35. The molecular formula is C28H34BrN7O. The molecule has 3 heterocycles. The van der Waals surface area contributed by atoms with Crippen molar-refractivity contribution in [2.24, 2.45) is 17.2 Å². The number of halogens is 1. The van der Waals surface area contributed by atoms with E-state index in [2.05, 4.69) is 36.1 Å². The minimum Gasteiger partial charge on any atom is -0.488 e. The first-order valence-corrected chi connectivity index (χ1v) is 13.1. The van der Waals surface area contributed by atoms with Crippen LogP contribution in [-0.2, 0) is 6.61 Å². The predicted molar refractivity (Wildman–Crippen MR) is 151 cm³/mol. The summed E-state index contributed by atoms with van der Waals surface area (Å²) in [5, 5.41) is 3.62. The van der Waals surface area contributed by atoms with Crippen LogP contribution in [0.5, 0.6) is 5.75 Å². The Labute approximate surface area is 226 Å². The van der Waals surface area contributed by atoms with Gasteiger partial charge in [0.1, 0.15) is 18.2 Å². The molecule has 2 aliphatic heterocycles. The van der Waals surface area contributed by atoms with Gasteiger partial charge >= 0.3 is 0 Å². The number of piperazine rings is 1. The van der Waals surface area contributed by atoms with Crippen molar-refractivity contribution in [2.45, 2.75) is 38.5 Å². The number of hydrogen-bond donors (Lipinski definition) is 4. The highest BCUT2D eigenvalue weighted by molar-refractivity contribution is 9.10. The number of aryl methyl sites for hydroxylation is 1. The number of fused-ring (bicyclic) bond motifs is 2. The van der Waals surface area contributed by atoms with Crippen molar-refractivity contribution in [3.63, 3.8) is 0 Å². The topological polar surface area (TPSA) is 128 Å². The smallest absolute Gasteiger partial charge is 0.196 e. The lowest BCUT2D eigenvalue weighted by Gasteiger charge is -2.35. The van der Waals surface area contributed by atoms with E-state index in [0.717, 1.165) is 41.4 Å². The third-order valence-corrected chi connectivity index (χ3v) is 6.73. The van der Waals surface area contributed by atoms with Crippen LogP contribution in [0.3, 0.4) is 0 Å². The van der Waals surface area contributed by atoms with Crippen molar-refractivity contribution in [3.8, 4) is 5.75 Å². The summed E-state index contributed by atoms with van der Waals surface area (Å²) in [7, 11) is 0. The number of aromatic nitrogens is 2. The van der Waals surface area contributed by atoms with Gasteiger partial charge in [0.05, 0.1) is 5.70 Å². The summed E-state index contributed by atoms with van der Waals surface area (Å²) in [4.78, 5) is 10.1. The fourth-order valence-electron chi connectivity index (χ4n) is 4.56. The Bertz CT molecular complexity index is 1210. The number of nitrogens with two attached hydrogens (primary N) is 3. The highest BCUT2D eigenvalue weighted by atomic mass is 79.9. The van der Waals surface area contributed by atoms with Crippen LogP contribution < -0.4 is 27.3 Å². The fraction of sp³-hybridized carbons (Fsp3) is 0.286. The molecule has 2 bridgehead atoms. The standard InChI is InChI=1S/C23H29N5O.C5H5BrN2/c24-20(12-21(23(25)26)28-13-17-10-11-18(14-28)27-17)19-8-4-5-9-22(19)29-15-16-6-2-1-3-7-16;1-4-2-3-7-5(6)8-4/h1-9,12,17-18,27H,10-11,13-15,24-26H2;2-3H,1H3/b20-12-;. The van der Waals surface area contributed by atoms with Gasteiger partial charge < -0.3 is 32.2 Å². The van der Waals surface area contributed by atoms with E-state index < -0.39 is 0 Å². The van der Waals surface area contributed by atoms with Crippen LogP contribution in [-0.4, -0.2) is 40.0 Å². The summed E-state index contributed by atoms with van der Waals surface area (Å²) < 4.78 is 6.70. The molecule has 3 aromatic rings. The summed E-state index contributed by atoms with van der Waals surface area (Å²) >= 11 is 3.14. The zero-order valence-electron chi connectivity index (χ0n) is 21.0. The molecule has 7 N–H and O–H groups in total. The maximum absolute atomic E-state index is 6.49. The summed E-state index contributed by atoms with van der Waals surface area (Å²) in [6, 6.07) is 20.7. The van der Waals surface area contributed by atoms with Gasteiger partial charge in [0.2, 0.25) is 0 Å². The number of nitrogens with one attached hydrogen (secondary N) is 1. The summed E-state index contributed by atoms with van der Waals surface area (Å²) in [5.41, 5.74) is 22.9. The van der Waals surface area contributed by atoms with Crippen molar-refractivity contribution in [1.29, 1.82) is 0 Å². The SMILES string of the molecule is Cc1ccnc(Br)n1.NC(N)=C(/C=C(\N)c1ccccc1OCc1ccccc1)N1CC2CCC(C1)N2. The van der Waals surface area contributed by atoms with Gasteiger partial charge in [-0.1, -0.05) is 42.5 Å². The van der Waals surface area contributed by atoms with Crippen molar-refractivity contribution < 1.29 is 4.74 Å². The van der Waals surface area contributed by atoms with Crippen molar-refractivity contribution >= 4 is 21.6 Å². The minimum atomic E-state index is 0.289. The summed E-state index contributed by atoms with van der Waals surface area (Å²) in [6.07, 6.45) is 5.97. The Morgan fingerprint density at radius 3 is 2.32 bits per heavy atom. The Balaban J connectivity index is 0.000000342. The number of benzene rings is 2. The van der Waals surface area contributed by atoms with E-state index in [1.807, 2.05) is 73.7 Å². The van der Waals surface area contributed by atoms with E-state index in [9.17, 15) is 0 Å². The van der Waals surface area contributed by atoms with Crippen LogP contribution in [0.4, 0.5) is 0 Å². The number of allylic oxidation sites excluding steroid dienone is 1. The van der Waals surface area contributed by atoms with Crippen molar-refractivity contribution in [3.05, 3.63) is 106 Å². The van der Waals surface area contributed by atoms with Gasteiger partial charge in [0.25, 0.3) is 0 Å². The van der Waals surface area contributed by atoms with E-state index in [-0.39, 0.29) is 5.82 Å². The maximum atomic E-state index is 6.49. The second kappa shape index (κ2) is 12.6. The zero-order valence-corrected chi connectivity index (χ0v) is 22.6. The molecule has 0 spiro atoms. The Hall–Kier alpha value is -3.56. The number of likely N-dealkylation sites (tertiary alicyclic amines) is 1. The molecule has 0 amide bonds. The maximum Gasteiger partial charge on any atom is 0.196 e. The van der Waals surface area contributed by atoms with Crippen LogP contribution in [0, 0.1) is 6.92 Å². The second-order valence-corrected chi connectivity index (χ2v) is 9.93. The molecule has 2 aliphatic rings. The van der Waals surface area contributed by atoms with Crippen LogP contribution in [0.1, 0.15) is 29.7 Å². The highest BCUT2D eigenvalue weighted by Crippen LogP contribution is 2.28. The Morgan fingerprint density at radius 1 is 1.03 bits per heavy atom. The molecule has 37 heavy (non-hydrogen) atoms. The largest absolute Gasteiger partial charge is 0.488 e. The average Bonchev–Trinajstić information content (AvgIpc) is 3.24. The molecule has 5 rings (SSSR count). The number of nitrogens with zero attached hydrogens (tertiary/aromatic N) is 3. The zero-order chi connectivity index (χ0) is 26.2. The van der Waals surface area contributed by atoms with Crippen molar-refractivity contribution in [1.82, 2.24) is 20.2 Å². The predicted octanol–water partition coefficient (Wildman–Crippen LogP) is 3.64. The van der Waals surface area contributed by atoms with Gasteiger partial charge in [-0.15, -0.1) is 0 Å².